The summed E-state index contributed by atoms with van der Waals surface area (Å²) in [5, 5.41) is 0.551. The lowest BCUT2D eigenvalue weighted by Crippen LogP contribution is -2.40. The van der Waals surface area contributed by atoms with Crippen LogP contribution in [0, 0.1) is 0 Å². The van der Waals surface area contributed by atoms with E-state index < -0.39 is 26.8 Å². The predicted octanol–water partition coefficient (Wildman–Crippen LogP) is 6.33. The number of amides is 1. The van der Waals surface area contributed by atoms with Crippen LogP contribution in [0.1, 0.15) is 31.4 Å². The van der Waals surface area contributed by atoms with Crippen molar-refractivity contribution in [1.82, 2.24) is 4.90 Å². The number of carbonyl (C=O) groups excluding carboxylic acids is 1. The Morgan fingerprint density at radius 3 is 2.22 bits per heavy atom. The zero-order valence-electron chi connectivity index (χ0n) is 20.0. The molecule has 0 aliphatic rings. The lowest BCUT2D eigenvalue weighted by Gasteiger charge is -2.29. The molecule has 198 valence electrons. The highest BCUT2D eigenvalue weighted by Gasteiger charge is 2.32. The third kappa shape index (κ3) is 7.87. The molecule has 3 aromatic carbocycles. The molecule has 0 saturated carbocycles. The van der Waals surface area contributed by atoms with Crippen LogP contribution in [0.2, 0.25) is 5.02 Å². The minimum atomic E-state index is -4.69. The maximum absolute atomic E-state index is 12.9. The van der Waals surface area contributed by atoms with E-state index in [4.69, 9.17) is 20.5 Å². The summed E-state index contributed by atoms with van der Waals surface area (Å²) in [5.74, 6) is 0.190. The SMILES string of the molecule is CCC(C)N(Cc1ccc(OS(=O)(=O)c2cccc(C(F)(F)F)c2)cc1)C(=O)COc1ccc(Cl)cc1. The predicted molar refractivity (Wildman–Crippen MR) is 133 cm³/mol. The number of ether oxygens (including phenoxy) is 1. The molecule has 37 heavy (non-hydrogen) atoms. The highest BCUT2D eigenvalue weighted by molar-refractivity contribution is 7.87. The smallest absolute Gasteiger partial charge is 0.416 e. The first-order valence-electron chi connectivity index (χ1n) is 11.3. The molecule has 0 radical (unpaired) electrons. The van der Waals surface area contributed by atoms with Gasteiger partial charge in [0, 0.05) is 17.6 Å². The summed E-state index contributed by atoms with van der Waals surface area (Å²) in [6.45, 7) is 3.90. The Balaban J connectivity index is 1.68. The maximum atomic E-state index is 12.9. The van der Waals surface area contributed by atoms with Crippen molar-refractivity contribution >= 4 is 27.6 Å². The van der Waals surface area contributed by atoms with Gasteiger partial charge in [-0.2, -0.15) is 21.6 Å². The van der Waals surface area contributed by atoms with Crippen LogP contribution in [0.25, 0.3) is 0 Å². The Kier molecular flexibility index (Phi) is 9.09. The summed E-state index contributed by atoms with van der Waals surface area (Å²) in [7, 11) is -4.49. The molecule has 3 aromatic rings. The molecule has 0 aliphatic carbocycles. The molecule has 6 nitrogen and oxygen atoms in total. The average molecular weight is 556 g/mol. The average Bonchev–Trinajstić information content (AvgIpc) is 2.86. The van der Waals surface area contributed by atoms with E-state index in [2.05, 4.69) is 0 Å². The van der Waals surface area contributed by atoms with Crippen molar-refractivity contribution in [3.63, 3.8) is 0 Å². The van der Waals surface area contributed by atoms with Gasteiger partial charge in [0.05, 0.1) is 5.56 Å². The molecular formula is C26H25ClF3NO5S. The summed E-state index contributed by atoms with van der Waals surface area (Å²) < 4.78 is 74.4. The first-order valence-corrected chi connectivity index (χ1v) is 13.1. The summed E-state index contributed by atoms with van der Waals surface area (Å²) in [4.78, 5) is 13.9. The number of rotatable bonds is 10. The van der Waals surface area contributed by atoms with Gasteiger partial charge < -0.3 is 13.8 Å². The molecule has 0 heterocycles. The van der Waals surface area contributed by atoms with Gasteiger partial charge in [-0.25, -0.2) is 0 Å². The van der Waals surface area contributed by atoms with Gasteiger partial charge in [0.25, 0.3) is 5.91 Å². The van der Waals surface area contributed by atoms with Gasteiger partial charge in [-0.15, -0.1) is 0 Å². The van der Waals surface area contributed by atoms with Crippen molar-refractivity contribution in [2.24, 2.45) is 0 Å². The zero-order chi connectivity index (χ0) is 27.2. The number of carbonyl (C=O) groups is 1. The van der Waals surface area contributed by atoms with Gasteiger partial charge in [0.2, 0.25) is 0 Å². The highest BCUT2D eigenvalue weighted by atomic mass is 35.5. The number of benzene rings is 3. The van der Waals surface area contributed by atoms with Crippen LogP contribution in [0.15, 0.2) is 77.7 Å². The van der Waals surface area contributed by atoms with Gasteiger partial charge in [-0.1, -0.05) is 36.7 Å². The van der Waals surface area contributed by atoms with Crippen molar-refractivity contribution in [3.05, 3.63) is 88.9 Å². The van der Waals surface area contributed by atoms with Crippen LogP contribution < -0.4 is 8.92 Å². The highest BCUT2D eigenvalue weighted by Crippen LogP contribution is 2.31. The second kappa shape index (κ2) is 11.9. The van der Waals surface area contributed by atoms with Gasteiger partial charge in [-0.3, -0.25) is 4.79 Å². The van der Waals surface area contributed by atoms with Crippen LogP contribution in [0.5, 0.6) is 11.5 Å². The molecule has 0 bridgehead atoms. The number of hydrogen-bond acceptors (Lipinski definition) is 5. The van der Waals surface area contributed by atoms with Gasteiger partial charge in [0.1, 0.15) is 16.4 Å². The molecule has 0 aliphatic heterocycles. The maximum Gasteiger partial charge on any atom is 0.416 e. The molecular weight excluding hydrogens is 531 g/mol. The Morgan fingerprint density at radius 2 is 1.62 bits per heavy atom. The van der Waals surface area contributed by atoms with E-state index in [-0.39, 0.29) is 30.9 Å². The van der Waals surface area contributed by atoms with E-state index in [1.807, 2.05) is 13.8 Å². The molecule has 0 N–H and O–H groups in total. The van der Waals surface area contributed by atoms with E-state index >= 15 is 0 Å². The first-order chi connectivity index (χ1) is 17.4. The molecule has 0 saturated heterocycles. The molecule has 1 atom stereocenters. The summed E-state index contributed by atoms with van der Waals surface area (Å²) in [6, 6.07) is 15.8. The standard InChI is InChI=1S/C26H25ClF3NO5S/c1-3-18(2)31(25(32)17-35-22-13-9-21(27)10-14-22)16-19-7-11-23(12-8-19)36-37(33,34)24-6-4-5-20(15-24)26(28,29)30/h4-15,18H,3,16-17H2,1-2H3. The van der Waals surface area contributed by atoms with E-state index in [1.165, 1.54) is 12.1 Å². The Labute approximate surface area is 218 Å². The molecule has 3 rings (SSSR count). The van der Waals surface area contributed by atoms with Crippen molar-refractivity contribution < 1.29 is 35.3 Å². The number of hydrogen-bond donors (Lipinski definition) is 0. The normalized spacial score (nSPS) is 12.6. The number of alkyl halides is 3. The first kappa shape index (κ1) is 28.3. The molecule has 11 heteroatoms. The van der Waals surface area contributed by atoms with Crippen LogP contribution in [0.3, 0.4) is 0 Å². The summed E-state index contributed by atoms with van der Waals surface area (Å²) >= 11 is 5.86. The third-order valence-electron chi connectivity index (χ3n) is 5.55. The number of nitrogens with zero attached hydrogens (tertiary/aromatic N) is 1. The minimum absolute atomic E-state index is 0.0753. The largest absolute Gasteiger partial charge is 0.484 e. The molecule has 0 spiro atoms. The van der Waals surface area contributed by atoms with Crippen LogP contribution in [-0.2, 0) is 27.6 Å². The lowest BCUT2D eigenvalue weighted by atomic mass is 10.1. The molecule has 0 aromatic heterocycles. The van der Waals surface area contributed by atoms with Crippen LogP contribution in [-0.4, -0.2) is 31.9 Å². The van der Waals surface area contributed by atoms with E-state index in [0.717, 1.165) is 18.2 Å². The zero-order valence-corrected chi connectivity index (χ0v) is 21.6. The second-order valence-electron chi connectivity index (χ2n) is 8.23. The van der Waals surface area contributed by atoms with E-state index in [1.54, 1.807) is 41.3 Å². The van der Waals surface area contributed by atoms with E-state index in [9.17, 15) is 26.4 Å². The topological polar surface area (TPSA) is 72.9 Å². The Morgan fingerprint density at radius 1 is 1.00 bits per heavy atom. The van der Waals surface area contributed by atoms with Crippen molar-refractivity contribution in [2.45, 2.75) is 43.9 Å². The molecule has 0 fully saturated rings. The molecule has 1 unspecified atom stereocenters. The van der Waals surface area contributed by atoms with Crippen molar-refractivity contribution in [1.29, 1.82) is 0 Å². The van der Waals surface area contributed by atoms with Crippen molar-refractivity contribution in [2.75, 3.05) is 6.61 Å². The summed E-state index contributed by atoms with van der Waals surface area (Å²) in [5.41, 5.74) is -0.397. The van der Waals surface area contributed by atoms with Gasteiger partial charge >= 0.3 is 16.3 Å². The Bertz CT molecular complexity index is 1310. The number of halogens is 4. The van der Waals surface area contributed by atoms with Gasteiger partial charge in [-0.05, 0) is 73.5 Å². The van der Waals surface area contributed by atoms with Crippen LogP contribution in [0.4, 0.5) is 13.2 Å². The Hall–Kier alpha value is -3.24. The fourth-order valence-electron chi connectivity index (χ4n) is 3.32. The quantitative estimate of drug-likeness (QED) is 0.273. The monoisotopic (exact) mass is 555 g/mol. The minimum Gasteiger partial charge on any atom is -0.484 e. The van der Waals surface area contributed by atoms with Crippen molar-refractivity contribution in [3.8, 4) is 11.5 Å². The van der Waals surface area contributed by atoms with E-state index in [0.29, 0.717) is 28.8 Å². The third-order valence-corrected chi connectivity index (χ3v) is 7.05. The van der Waals surface area contributed by atoms with Crippen LogP contribution >= 0.6 is 11.6 Å². The summed E-state index contributed by atoms with van der Waals surface area (Å²) in [6.07, 6.45) is -3.99. The fourth-order valence-corrected chi connectivity index (χ4v) is 4.42. The lowest BCUT2D eigenvalue weighted by molar-refractivity contribution is -0.138. The second-order valence-corrected chi connectivity index (χ2v) is 10.2. The fraction of sp³-hybridized carbons (Fsp3) is 0.269. The molecule has 1 amide bonds. The van der Waals surface area contributed by atoms with Gasteiger partial charge in [0.15, 0.2) is 6.61 Å².